The average Bonchev–Trinajstić information content (AvgIpc) is 2.99. The predicted octanol–water partition coefficient (Wildman–Crippen LogP) is 2.14. The van der Waals surface area contributed by atoms with E-state index >= 15 is 0 Å². The first-order valence-electron chi connectivity index (χ1n) is 11.1. The molecule has 1 aromatic heterocycles. The summed E-state index contributed by atoms with van der Waals surface area (Å²) in [4.78, 5) is 35.9. The standard InChI is InChI=1S/C22H28IN7O2S/c1-25-22(33)30-7-3-2-4-16(20(30)31)27-21(32)29-10-8-28(9-11-29)18-13-19(24)26-17-12-14(23)5-6-15(17)18/h5-6,12-13,16H,2-4,7-11H2,1H3,(H2,24,26)(H,25,33)(H,27,32). The molecule has 0 aliphatic carbocycles. The van der Waals surface area contributed by atoms with Gasteiger partial charge in [-0.25, -0.2) is 9.78 Å². The predicted molar refractivity (Wildman–Crippen MR) is 142 cm³/mol. The number of pyridine rings is 1. The Morgan fingerprint density at radius 3 is 2.67 bits per heavy atom. The second-order valence-corrected chi connectivity index (χ2v) is 9.88. The fraction of sp³-hybridized carbons (Fsp3) is 0.455. The van der Waals surface area contributed by atoms with Crippen LogP contribution in [0.3, 0.4) is 0 Å². The zero-order valence-corrected chi connectivity index (χ0v) is 21.5. The molecular weight excluding hydrogens is 553 g/mol. The highest BCUT2D eigenvalue weighted by Gasteiger charge is 2.32. The molecule has 9 nitrogen and oxygen atoms in total. The van der Waals surface area contributed by atoms with Gasteiger partial charge in [0.05, 0.1) is 5.52 Å². The van der Waals surface area contributed by atoms with Crippen LogP contribution in [0.5, 0.6) is 0 Å². The van der Waals surface area contributed by atoms with Crippen molar-refractivity contribution in [2.75, 3.05) is 50.4 Å². The summed E-state index contributed by atoms with van der Waals surface area (Å²) in [6.45, 7) is 3.03. The van der Waals surface area contributed by atoms with Gasteiger partial charge in [-0.05, 0) is 72.3 Å². The number of nitrogens with zero attached hydrogens (tertiary/aromatic N) is 4. The van der Waals surface area contributed by atoms with Crippen molar-refractivity contribution in [3.63, 3.8) is 0 Å². The first-order valence-corrected chi connectivity index (χ1v) is 12.6. The number of nitrogen functional groups attached to an aromatic ring is 1. The summed E-state index contributed by atoms with van der Waals surface area (Å²) < 4.78 is 1.10. The topological polar surface area (TPSA) is 107 Å². The number of nitrogens with one attached hydrogen (secondary N) is 2. The van der Waals surface area contributed by atoms with Gasteiger partial charge < -0.3 is 26.2 Å². The molecule has 3 amide bonds. The van der Waals surface area contributed by atoms with Crippen LogP contribution >= 0.6 is 34.8 Å². The molecule has 1 unspecified atom stereocenters. The van der Waals surface area contributed by atoms with Crippen molar-refractivity contribution in [2.24, 2.45) is 0 Å². The molecule has 0 saturated carbocycles. The lowest BCUT2D eigenvalue weighted by molar-refractivity contribution is -0.128. The zero-order chi connectivity index (χ0) is 23.5. The van der Waals surface area contributed by atoms with Crippen LogP contribution in [0.15, 0.2) is 24.3 Å². The number of hydrogen-bond acceptors (Lipinski definition) is 6. The van der Waals surface area contributed by atoms with Crippen molar-refractivity contribution in [3.05, 3.63) is 27.8 Å². The summed E-state index contributed by atoms with van der Waals surface area (Å²) in [5.41, 5.74) is 7.97. The number of nitrogens with two attached hydrogens (primary N) is 1. The number of benzene rings is 1. The second kappa shape index (κ2) is 10.2. The van der Waals surface area contributed by atoms with Gasteiger partial charge in [-0.15, -0.1) is 0 Å². The molecule has 2 aliphatic rings. The number of carbonyl (C=O) groups is 2. The summed E-state index contributed by atoms with van der Waals surface area (Å²) in [6, 6.07) is 7.27. The summed E-state index contributed by atoms with van der Waals surface area (Å²) in [5, 5.41) is 7.26. The van der Waals surface area contributed by atoms with E-state index in [0.717, 1.165) is 33.0 Å². The van der Waals surface area contributed by atoms with E-state index in [1.807, 2.05) is 12.1 Å². The van der Waals surface area contributed by atoms with Crippen LogP contribution in [0.25, 0.3) is 10.9 Å². The summed E-state index contributed by atoms with van der Waals surface area (Å²) in [7, 11) is 1.70. The van der Waals surface area contributed by atoms with Gasteiger partial charge in [0.2, 0.25) is 0 Å². The van der Waals surface area contributed by atoms with Crippen LogP contribution in [0.4, 0.5) is 16.3 Å². The monoisotopic (exact) mass is 581 g/mol. The Morgan fingerprint density at radius 2 is 1.94 bits per heavy atom. The molecule has 3 heterocycles. The van der Waals surface area contributed by atoms with Crippen LogP contribution in [-0.2, 0) is 4.79 Å². The lowest BCUT2D eigenvalue weighted by Crippen LogP contribution is -2.57. The highest BCUT2D eigenvalue weighted by atomic mass is 127. The first kappa shape index (κ1) is 23.7. The van der Waals surface area contributed by atoms with Crippen LogP contribution in [0.1, 0.15) is 19.3 Å². The van der Waals surface area contributed by atoms with E-state index < -0.39 is 6.04 Å². The Kier molecular flexibility index (Phi) is 7.37. The number of thiocarbonyl (C=S) groups is 1. The largest absolute Gasteiger partial charge is 0.384 e. The third kappa shape index (κ3) is 5.24. The number of likely N-dealkylation sites (tertiary alicyclic amines) is 1. The van der Waals surface area contributed by atoms with Crippen LogP contribution in [0, 0.1) is 3.57 Å². The molecule has 4 N–H and O–H groups in total. The molecule has 176 valence electrons. The Bertz CT molecular complexity index is 1070. The lowest BCUT2D eigenvalue weighted by Gasteiger charge is -2.37. The van der Waals surface area contributed by atoms with Gasteiger partial charge in [0, 0.05) is 60.5 Å². The van der Waals surface area contributed by atoms with Crippen molar-refractivity contribution in [3.8, 4) is 0 Å². The van der Waals surface area contributed by atoms with Crippen LogP contribution in [0.2, 0.25) is 0 Å². The number of rotatable bonds is 2. The molecule has 2 aromatic rings. The number of carbonyl (C=O) groups excluding carboxylic acids is 2. The molecule has 0 bridgehead atoms. The second-order valence-electron chi connectivity index (χ2n) is 8.24. The number of urea groups is 1. The average molecular weight is 581 g/mol. The molecular formula is C22H28IN7O2S. The molecule has 2 saturated heterocycles. The van der Waals surface area contributed by atoms with E-state index in [4.69, 9.17) is 18.0 Å². The summed E-state index contributed by atoms with van der Waals surface area (Å²) >= 11 is 7.53. The number of halogens is 1. The zero-order valence-electron chi connectivity index (χ0n) is 18.5. The fourth-order valence-corrected chi connectivity index (χ4v) is 5.02. The molecule has 33 heavy (non-hydrogen) atoms. The Balaban J connectivity index is 1.41. The van der Waals surface area contributed by atoms with Gasteiger partial charge in [-0.1, -0.05) is 0 Å². The highest BCUT2D eigenvalue weighted by molar-refractivity contribution is 14.1. The summed E-state index contributed by atoms with van der Waals surface area (Å²) in [5.74, 6) is 0.336. The fourth-order valence-electron chi connectivity index (χ4n) is 4.37. The van der Waals surface area contributed by atoms with E-state index in [-0.39, 0.29) is 11.9 Å². The SMILES string of the molecule is CNC(=S)N1CCCCC(NC(=O)N2CCN(c3cc(N)nc4cc(I)ccc34)CC2)C1=O. The minimum absolute atomic E-state index is 0.146. The first-order chi connectivity index (χ1) is 15.9. The van der Waals surface area contributed by atoms with E-state index in [0.29, 0.717) is 50.1 Å². The van der Waals surface area contributed by atoms with Gasteiger partial charge in [0.1, 0.15) is 11.9 Å². The molecule has 4 rings (SSSR count). The molecule has 1 aromatic carbocycles. The van der Waals surface area contributed by atoms with Crippen LogP contribution in [-0.4, -0.2) is 77.6 Å². The number of fused-ring (bicyclic) bond motifs is 1. The van der Waals surface area contributed by atoms with Crippen molar-refractivity contribution in [1.29, 1.82) is 0 Å². The number of amides is 3. The van der Waals surface area contributed by atoms with Crippen molar-refractivity contribution < 1.29 is 9.59 Å². The van der Waals surface area contributed by atoms with Gasteiger partial charge >= 0.3 is 6.03 Å². The minimum Gasteiger partial charge on any atom is -0.384 e. The van der Waals surface area contributed by atoms with Crippen molar-refractivity contribution >= 4 is 74.3 Å². The van der Waals surface area contributed by atoms with Gasteiger partial charge in [0.15, 0.2) is 5.11 Å². The van der Waals surface area contributed by atoms with Crippen molar-refractivity contribution in [2.45, 2.75) is 25.3 Å². The maximum Gasteiger partial charge on any atom is 0.318 e. The molecule has 0 radical (unpaired) electrons. The Morgan fingerprint density at radius 1 is 1.18 bits per heavy atom. The Labute approximate surface area is 212 Å². The van der Waals surface area contributed by atoms with Gasteiger partial charge in [0.25, 0.3) is 5.91 Å². The van der Waals surface area contributed by atoms with E-state index in [9.17, 15) is 9.59 Å². The number of anilines is 2. The van der Waals surface area contributed by atoms with Gasteiger partial charge in [-0.3, -0.25) is 9.69 Å². The molecule has 2 aliphatic heterocycles. The van der Waals surface area contributed by atoms with E-state index in [1.54, 1.807) is 16.8 Å². The van der Waals surface area contributed by atoms with Crippen molar-refractivity contribution in [1.82, 2.24) is 25.4 Å². The van der Waals surface area contributed by atoms with E-state index in [2.05, 4.69) is 55.2 Å². The van der Waals surface area contributed by atoms with E-state index in [1.165, 1.54) is 0 Å². The van der Waals surface area contributed by atoms with Crippen LogP contribution < -0.4 is 21.3 Å². The smallest absolute Gasteiger partial charge is 0.318 e. The maximum absolute atomic E-state index is 13.0. The Hall–Kier alpha value is -2.41. The number of hydrogen-bond donors (Lipinski definition) is 3. The molecule has 1 atom stereocenters. The highest BCUT2D eigenvalue weighted by Crippen LogP contribution is 2.29. The third-order valence-electron chi connectivity index (χ3n) is 6.12. The summed E-state index contributed by atoms with van der Waals surface area (Å²) in [6.07, 6.45) is 2.35. The quantitative estimate of drug-likeness (QED) is 0.369. The lowest BCUT2D eigenvalue weighted by atomic mass is 10.1. The number of aromatic nitrogens is 1. The maximum atomic E-state index is 13.0. The normalized spacial score (nSPS) is 19.4. The number of piperazine rings is 1. The molecule has 2 fully saturated rings. The third-order valence-corrected chi connectivity index (χ3v) is 7.22. The molecule has 11 heteroatoms. The van der Waals surface area contributed by atoms with Gasteiger partial charge in [-0.2, -0.15) is 0 Å². The minimum atomic E-state index is -0.559. The molecule has 0 spiro atoms.